The summed E-state index contributed by atoms with van der Waals surface area (Å²) >= 11 is 81.0. The molecule has 0 saturated carbocycles. The van der Waals surface area contributed by atoms with Gasteiger partial charge in [-0.25, -0.2) is 14.4 Å². The van der Waals surface area contributed by atoms with Crippen LogP contribution in [-0.2, 0) is 55.9 Å². The fraction of sp³-hybridized carbons (Fsp3) is 0.241. The second kappa shape index (κ2) is 45.1. The fourth-order valence-electron chi connectivity index (χ4n) is 11.4. The number of likely N-dealkylation sites (tertiary alicyclic amines) is 1. The minimum absolute atomic E-state index is 0.00784. The first-order valence-electron chi connectivity index (χ1n) is 36.1. The van der Waals surface area contributed by atoms with E-state index >= 15 is 8.78 Å². The van der Waals surface area contributed by atoms with Crippen molar-refractivity contribution in [1.29, 1.82) is 0 Å². The maximum atomic E-state index is 15.3. The molecule has 13 aromatic rings. The van der Waals surface area contributed by atoms with Crippen molar-refractivity contribution < 1.29 is 121 Å². The standard InChI is InChI=1S/C25H24Cl2F2N2O5.C12H8Cl2F2O3.C12H8Cl2O4.C10H4Cl2F2O3.C10H12Cl2O3.C8H4Cl2O.C6H4Cl2O/c26-16-9-15-11-21(36-23(15)17(27)12-16)25(28,29)24(33)30-18(13-31-5-1-2-6-31)22(32)14-3-4-19-20(10-14)35-8-7-34-19;1-2-18-11(17)12(15,16)9-4-6-3-7(13)5-8(14)10(6)19-9;1-2-17-12(16)10(15)9-4-6-3-7(13)5-8(14)11(6)18-9;11-5-1-4-2-7(10(13,14)9(15)16)17-8(4)6(12)3-5;1-13-10(14-2)6-15-9-4-3-7(11)5-8(9)12;9-6-3-5-1-2-11-8(5)7(10)4-6;7-4-1-2-6(9)5(8)3-4/h3-4,9-12,18,22,32H,1-2,5-8,13H2,(H,30,33);3-5H,2H2,1H3;3-5H,2H2,1H3;1-3H,(H,15,16);3-5,10H,6H2,1-2H3;1-4H;1-3,9H/t18-,22-;;;;;;/m1....../s1. The van der Waals surface area contributed by atoms with Gasteiger partial charge < -0.3 is 80.8 Å². The summed E-state index contributed by atoms with van der Waals surface area (Å²) in [5.41, 5.74) is 1.45. The van der Waals surface area contributed by atoms with E-state index in [4.69, 9.17) is 218 Å². The molecule has 2 aliphatic heterocycles. The first-order valence-corrected chi connectivity index (χ1v) is 41.4. The summed E-state index contributed by atoms with van der Waals surface area (Å²) in [4.78, 5) is 59.4. The first-order chi connectivity index (χ1) is 59.1. The van der Waals surface area contributed by atoms with E-state index in [-0.39, 0.29) is 111 Å². The van der Waals surface area contributed by atoms with Crippen molar-refractivity contribution in [3.8, 4) is 23.0 Å². The third-order valence-electron chi connectivity index (χ3n) is 17.3. The van der Waals surface area contributed by atoms with Gasteiger partial charge in [0, 0.05) is 82.9 Å². The number of fused-ring (bicyclic) bond motifs is 6. The number of Topliss-reactive ketones (excluding diaryl/α,β-unsaturated/α-hetero) is 1. The molecule has 22 nitrogen and oxygen atoms in total. The topological polar surface area (TPSA) is 292 Å². The summed E-state index contributed by atoms with van der Waals surface area (Å²) in [7, 11) is 3.09. The third kappa shape index (κ3) is 26.5. The molecule has 125 heavy (non-hydrogen) atoms. The molecule has 2 aliphatic rings. The van der Waals surface area contributed by atoms with Crippen molar-refractivity contribution in [1.82, 2.24) is 10.2 Å². The highest BCUT2D eigenvalue weighted by Crippen LogP contribution is 2.43. The highest BCUT2D eigenvalue weighted by molar-refractivity contribution is 6.43. The van der Waals surface area contributed by atoms with Crippen LogP contribution in [0.1, 0.15) is 66.2 Å². The number of aliphatic hydroxyl groups is 1. The molecule has 0 unspecified atom stereocenters. The molecule has 1 fully saturated rings. The van der Waals surface area contributed by atoms with Crippen molar-refractivity contribution in [2.75, 3.05) is 66.9 Å². The average molecular weight is 2020 g/mol. The van der Waals surface area contributed by atoms with Crippen LogP contribution in [0.4, 0.5) is 26.3 Å². The quantitative estimate of drug-likeness (QED) is 0.0181. The van der Waals surface area contributed by atoms with Crippen molar-refractivity contribution in [2.45, 2.75) is 62.9 Å². The average Bonchev–Trinajstić information content (AvgIpc) is 1.58. The SMILES string of the molecule is CCOC(=O)C(=O)c1cc2cc(Cl)cc(Cl)c2o1.CCOC(=O)C(F)(F)c1cc2cc(Cl)cc(Cl)c2o1.COC(COc1ccc(Cl)cc1Cl)OC.Clc1cc(Cl)c2occc2c1.O=C(N[C@H](CN1CCCC1)[C@H](O)c1ccc2c(c1)OCCO2)C(F)(F)c1cc2cc(Cl)cc(Cl)c2o1.O=C(O)C(F)(F)c1cc2cc(Cl)cc(Cl)c2o1.Oc1ccc(Cl)cc1Cl. The molecule has 15 rings (SSSR count). The minimum atomic E-state index is -4.10. The Hall–Kier alpha value is -8.31. The van der Waals surface area contributed by atoms with E-state index in [0.717, 1.165) is 49.5 Å². The fourth-order valence-corrected chi connectivity index (χ4v) is 15.0. The molecule has 0 radical (unpaired) electrons. The number of aromatic hydroxyl groups is 1. The zero-order valence-corrected chi connectivity index (χ0v) is 75.1. The Morgan fingerprint density at radius 1 is 0.480 bits per heavy atom. The van der Waals surface area contributed by atoms with E-state index in [2.05, 4.69) is 14.8 Å². The number of hydrogen-bond donors (Lipinski definition) is 4. The Bertz CT molecular complexity index is 6020. The molecule has 8 aromatic carbocycles. The number of nitrogens with one attached hydrogen (secondary N) is 1. The summed E-state index contributed by atoms with van der Waals surface area (Å²) in [6, 6.07) is 34.4. The van der Waals surface area contributed by atoms with Gasteiger partial charge in [0.2, 0.25) is 0 Å². The molecule has 42 heteroatoms. The molecule has 5 aromatic heterocycles. The van der Waals surface area contributed by atoms with E-state index in [1.807, 2.05) is 17.0 Å². The number of hydrogen-bond acceptors (Lipinski definition) is 20. The number of rotatable bonds is 20. The van der Waals surface area contributed by atoms with E-state index in [1.165, 1.54) is 67.6 Å². The number of furan rings is 5. The van der Waals surface area contributed by atoms with Crippen LogP contribution in [0.3, 0.4) is 0 Å². The molecule has 1 saturated heterocycles. The summed E-state index contributed by atoms with van der Waals surface area (Å²) in [6.45, 7) is 5.75. The number of ketones is 1. The Labute approximate surface area is 775 Å². The van der Waals surface area contributed by atoms with Gasteiger partial charge in [0.25, 0.3) is 5.91 Å². The number of phenolic OH excluding ortho intramolecular Hbond substituents is 1. The second-order valence-corrected chi connectivity index (χ2v) is 31.9. The predicted molar refractivity (Wildman–Crippen MR) is 466 cm³/mol. The summed E-state index contributed by atoms with van der Waals surface area (Å²) in [5, 5.41) is 37.7. The zero-order chi connectivity index (χ0) is 91.7. The predicted octanol–water partition coefficient (Wildman–Crippen LogP) is 26.1. The van der Waals surface area contributed by atoms with Crippen molar-refractivity contribution >= 4 is 247 Å². The van der Waals surface area contributed by atoms with Crippen LogP contribution in [0.2, 0.25) is 70.3 Å². The normalized spacial score (nSPS) is 13.0. The van der Waals surface area contributed by atoms with Crippen LogP contribution in [-0.4, -0.2) is 129 Å². The number of carbonyl (C=O) groups is 5. The second-order valence-electron chi connectivity index (χ2n) is 26.0. The van der Waals surface area contributed by atoms with E-state index in [0.29, 0.717) is 82.7 Å². The number of ether oxygens (including phenoxy) is 7. The van der Waals surface area contributed by atoms with Gasteiger partial charge in [0.1, 0.15) is 37.4 Å². The molecule has 7 heterocycles. The molecular formula is C83H64Cl14F6N2O20. The van der Waals surface area contributed by atoms with Gasteiger partial charge in [-0.15, -0.1) is 0 Å². The third-order valence-corrected chi connectivity index (χ3v) is 20.8. The highest BCUT2D eigenvalue weighted by Gasteiger charge is 2.48. The molecule has 2 atom stereocenters. The lowest BCUT2D eigenvalue weighted by molar-refractivity contribution is -0.175. The molecule has 0 spiro atoms. The van der Waals surface area contributed by atoms with E-state index in [1.54, 1.807) is 82.0 Å². The minimum Gasteiger partial charge on any atom is -0.506 e. The first kappa shape index (κ1) is 100. The van der Waals surface area contributed by atoms with Gasteiger partial charge in [-0.05, 0) is 185 Å². The lowest BCUT2D eigenvalue weighted by Gasteiger charge is -2.30. The Kier molecular flexibility index (Phi) is 36.2. The number of carboxylic acids is 1. The van der Waals surface area contributed by atoms with Crippen LogP contribution < -0.4 is 19.5 Å². The number of benzene rings is 8. The molecule has 0 bridgehead atoms. The van der Waals surface area contributed by atoms with E-state index < -0.39 is 83.1 Å². The lowest BCUT2D eigenvalue weighted by atomic mass is 10.0. The molecular weight excluding hydrogens is 1960 g/mol. The number of halogens is 20. The summed E-state index contributed by atoms with van der Waals surface area (Å²) in [6.07, 6.45) is 1.83. The lowest BCUT2D eigenvalue weighted by Crippen LogP contribution is -2.50. The van der Waals surface area contributed by atoms with Crippen LogP contribution in [0.5, 0.6) is 23.0 Å². The maximum absolute atomic E-state index is 15.3. The smallest absolute Gasteiger partial charge is 0.399 e. The number of amides is 1. The number of aliphatic hydroxyl groups excluding tert-OH is 1. The van der Waals surface area contributed by atoms with Crippen molar-refractivity contribution in [2.24, 2.45) is 0 Å². The Morgan fingerprint density at radius 3 is 1.39 bits per heavy atom. The molecule has 0 aliphatic carbocycles. The van der Waals surface area contributed by atoms with Crippen LogP contribution in [0.25, 0.3) is 54.8 Å². The molecule has 4 N–H and O–H groups in total. The largest absolute Gasteiger partial charge is 0.506 e. The number of methoxy groups -OCH3 is 2. The number of esters is 2. The monoisotopic (exact) mass is 2010 g/mol. The number of carbonyl (C=O) groups excluding carboxylic acids is 4. The zero-order valence-electron chi connectivity index (χ0n) is 64.5. The molecule has 1 amide bonds. The van der Waals surface area contributed by atoms with Crippen LogP contribution in [0.15, 0.2) is 174 Å². The van der Waals surface area contributed by atoms with Gasteiger partial charge in [0.05, 0.1) is 60.7 Å². The highest BCUT2D eigenvalue weighted by atomic mass is 35.5. The van der Waals surface area contributed by atoms with Gasteiger partial charge in [-0.2, -0.15) is 26.3 Å². The van der Waals surface area contributed by atoms with Gasteiger partial charge >= 0.3 is 41.5 Å². The van der Waals surface area contributed by atoms with Crippen LogP contribution in [0, 0.1) is 0 Å². The van der Waals surface area contributed by atoms with Gasteiger partial charge in [0.15, 0.2) is 68.7 Å². The van der Waals surface area contributed by atoms with Crippen molar-refractivity contribution in [3.63, 3.8) is 0 Å². The van der Waals surface area contributed by atoms with Crippen molar-refractivity contribution in [3.05, 3.63) is 251 Å². The number of carboxylic acid groups (broad SMARTS) is 1. The molecule has 666 valence electrons. The summed E-state index contributed by atoms with van der Waals surface area (Å²) < 4.78 is 145. The number of aliphatic carboxylic acids is 1. The van der Waals surface area contributed by atoms with E-state index in [9.17, 15) is 46.6 Å². The number of alkyl halides is 6. The Balaban J connectivity index is 0.000000173. The number of nitrogens with zero attached hydrogens (tertiary/aromatic N) is 1. The van der Waals surface area contributed by atoms with Crippen LogP contribution >= 0.6 is 162 Å². The van der Waals surface area contributed by atoms with Gasteiger partial charge in [-0.3, -0.25) is 9.59 Å². The maximum Gasteiger partial charge on any atom is 0.399 e. The Morgan fingerprint density at radius 2 is 0.920 bits per heavy atom. The van der Waals surface area contributed by atoms with Gasteiger partial charge in [-0.1, -0.05) is 168 Å². The number of phenols is 1. The summed E-state index contributed by atoms with van der Waals surface area (Å²) in [5.74, 6) is -20.6.